The molecule has 0 radical (unpaired) electrons. The van der Waals surface area contributed by atoms with Crippen LogP contribution in [0.15, 0.2) is 39.5 Å². The summed E-state index contributed by atoms with van der Waals surface area (Å²) in [6, 6.07) is 6.37. The van der Waals surface area contributed by atoms with Gasteiger partial charge in [0, 0.05) is 17.7 Å². The van der Waals surface area contributed by atoms with E-state index in [1.165, 1.54) is 45.4 Å². The third-order valence-corrected chi connectivity index (χ3v) is 9.80. The second-order valence-corrected chi connectivity index (χ2v) is 13.4. The van der Waals surface area contributed by atoms with Crippen LogP contribution >= 0.6 is 0 Å². The summed E-state index contributed by atoms with van der Waals surface area (Å²) < 4.78 is 50.6. The molecule has 3 aliphatic heterocycles. The minimum absolute atomic E-state index is 0.0144. The van der Waals surface area contributed by atoms with Crippen molar-refractivity contribution >= 4 is 11.0 Å². The highest BCUT2D eigenvalue weighted by molar-refractivity contribution is 5.89. The molecule has 4 heterocycles. The van der Waals surface area contributed by atoms with Gasteiger partial charge in [-0.1, -0.05) is 0 Å². The van der Waals surface area contributed by atoms with Gasteiger partial charge in [-0.2, -0.15) is 0 Å². The molecule has 56 heavy (non-hydrogen) atoms. The van der Waals surface area contributed by atoms with Crippen molar-refractivity contribution in [3.05, 3.63) is 40.6 Å². The first kappa shape index (κ1) is 41.7. The average molecular weight is 801 g/mol. The minimum atomic E-state index is -2.04. The molecule has 7 unspecified atom stereocenters. The van der Waals surface area contributed by atoms with Gasteiger partial charge in [0.05, 0.1) is 33.5 Å². The maximum atomic E-state index is 14.6. The Hall–Kier alpha value is -3.91. The number of aliphatic hydroxyl groups excluding tert-OH is 10. The molecule has 11 N–H and O–H groups in total. The summed E-state index contributed by atoms with van der Waals surface area (Å²) >= 11 is 0. The molecule has 310 valence electrons. The molecule has 21 nitrogen and oxygen atoms in total. The number of rotatable bonds is 11. The molecule has 15 atom stereocenters. The Balaban J connectivity index is 1.41. The van der Waals surface area contributed by atoms with Crippen molar-refractivity contribution in [3.8, 4) is 40.1 Å². The van der Waals surface area contributed by atoms with Crippen molar-refractivity contribution in [2.75, 3.05) is 27.4 Å². The van der Waals surface area contributed by atoms with E-state index in [1.54, 1.807) is 0 Å². The highest BCUT2D eigenvalue weighted by Crippen LogP contribution is 2.41. The Labute approximate surface area is 316 Å². The lowest BCUT2D eigenvalue weighted by atomic mass is 9.98. The predicted molar refractivity (Wildman–Crippen MR) is 183 cm³/mol. The minimum Gasteiger partial charge on any atom is -0.504 e. The van der Waals surface area contributed by atoms with Crippen LogP contribution < -0.4 is 24.4 Å². The molecular formula is C35H44O21. The molecule has 0 amide bonds. The zero-order valence-corrected chi connectivity index (χ0v) is 30.0. The Morgan fingerprint density at radius 3 is 1.89 bits per heavy atom. The smallest absolute Gasteiger partial charge is 0.239 e. The number of hydrogen-bond donors (Lipinski definition) is 11. The summed E-state index contributed by atoms with van der Waals surface area (Å²) in [5.41, 5.74) is -1.25. The molecule has 1 aromatic heterocycles. The normalized spacial score (nSPS) is 36.3. The van der Waals surface area contributed by atoms with Crippen LogP contribution in [0, 0.1) is 0 Å². The first-order chi connectivity index (χ1) is 26.6. The number of aliphatic hydroxyl groups is 10. The van der Waals surface area contributed by atoms with Gasteiger partial charge in [0.2, 0.25) is 23.8 Å². The second kappa shape index (κ2) is 16.9. The zero-order chi connectivity index (χ0) is 40.7. The van der Waals surface area contributed by atoms with E-state index in [4.69, 9.17) is 42.3 Å². The van der Waals surface area contributed by atoms with Gasteiger partial charge in [-0.25, -0.2) is 0 Å². The van der Waals surface area contributed by atoms with Gasteiger partial charge < -0.3 is 98.5 Å². The molecule has 3 aliphatic rings. The van der Waals surface area contributed by atoms with Crippen LogP contribution in [0.2, 0.25) is 0 Å². The maximum Gasteiger partial charge on any atom is 0.239 e. The highest BCUT2D eigenvalue weighted by Gasteiger charge is 2.48. The van der Waals surface area contributed by atoms with Crippen molar-refractivity contribution in [1.82, 2.24) is 0 Å². The Morgan fingerprint density at radius 1 is 0.661 bits per heavy atom. The summed E-state index contributed by atoms with van der Waals surface area (Å²) in [5.74, 6) is -1.77. The van der Waals surface area contributed by atoms with Crippen molar-refractivity contribution in [3.63, 3.8) is 0 Å². The van der Waals surface area contributed by atoms with Crippen LogP contribution in [0.4, 0.5) is 0 Å². The van der Waals surface area contributed by atoms with E-state index in [9.17, 15) is 61.0 Å². The number of phenols is 1. The van der Waals surface area contributed by atoms with E-state index in [1.807, 2.05) is 0 Å². The quantitative estimate of drug-likeness (QED) is 0.0892. The molecule has 0 saturated carbocycles. The molecule has 21 heteroatoms. The Morgan fingerprint density at radius 2 is 1.27 bits per heavy atom. The molecule has 0 spiro atoms. The van der Waals surface area contributed by atoms with Gasteiger partial charge in [-0.05, 0) is 25.1 Å². The number of phenolic OH excluding ortho intramolecular Hbond substituents is 1. The van der Waals surface area contributed by atoms with Crippen LogP contribution in [-0.4, -0.2) is 176 Å². The SMILES string of the molecule is COc1cc(O[C@@H]2OC(CO)[C@@H](O)[C@H](O)C2O)c2c(=O)c(O[C@@H]3OC(CO[C@@H]4OC(C)[C@H](O)[C@H](O)C4O)[C@@H](O)C(O)C3O)c(-c3ccc(OC)c(O)c3)oc2c1. The number of ether oxygens (including phenoxy) is 8. The van der Waals surface area contributed by atoms with Crippen LogP contribution in [0.3, 0.4) is 0 Å². The van der Waals surface area contributed by atoms with E-state index in [-0.39, 0.29) is 39.9 Å². The summed E-state index contributed by atoms with van der Waals surface area (Å²) in [6.07, 6.45) is -25.3. The van der Waals surface area contributed by atoms with Gasteiger partial charge in [0.1, 0.15) is 89.6 Å². The lowest BCUT2D eigenvalue weighted by Crippen LogP contribution is -2.61. The fourth-order valence-corrected chi connectivity index (χ4v) is 6.48. The summed E-state index contributed by atoms with van der Waals surface area (Å²) in [4.78, 5) is 14.6. The summed E-state index contributed by atoms with van der Waals surface area (Å²) in [6.45, 7) is -0.0150. The fraction of sp³-hybridized carbons (Fsp3) is 0.571. The zero-order valence-electron chi connectivity index (χ0n) is 30.0. The van der Waals surface area contributed by atoms with Gasteiger partial charge in [-0.15, -0.1) is 0 Å². The third-order valence-electron chi connectivity index (χ3n) is 9.80. The lowest BCUT2D eigenvalue weighted by Gasteiger charge is -2.42. The van der Waals surface area contributed by atoms with E-state index in [2.05, 4.69) is 0 Å². The second-order valence-electron chi connectivity index (χ2n) is 13.4. The fourth-order valence-electron chi connectivity index (χ4n) is 6.48. The molecule has 6 rings (SSSR count). The van der Waals surface area contributed by atoms with Crippen molar-refractivity contribution in [2.45, 2.75) is 99.0 Å². The Kier molecular flexibility index (Phi) is 12.6. The van der Waals surface area contributed by atoms with Gasteiger partial charge in [-0.3, -0.25) is 4.79 Å². The van der Waals surface area contributed by atoms with E-state index >= 15 is 0 Å². The number of methoxy groups -OCH3 is 2. The molecule has 3 fully saturated rings. The molecular weight excluding hydrogens is 756 g/mol. The average Bonchev–Trinajstić information content (AvgIpc) is 3.19. The van der Waals surface area contributed by atoms with Crippen LogP contribution in [0.1, 0.15) is 6.92 Å². The first-order valence-electron chi connectivity index (χ1n) is 17.3. The molecule has 3 saturated heterocycles. The highest BCUT2D eigenvalue weighted by atomic mass is 16.7. The number of benzene rings is 2. The molecule has 3 aromatic rings. The van der Waals surface area contributed by atoms with Gasteiger partial charge in [0.15, 0.2) is 23.5 Å². The predicted octanol–water partition coefficient (Wildman–Crippen LogP) is -3.61. The van der Waals surface area contributed by atoms with E-state index in [0.717, 1.165) is 6.07 Å². The molecule has 2 aromatic carbocycles. The standard InChI is InChI=1S/C35H44O21/c1-11-21(38)25(42)28(45)33(51-11)50-10-19-23(40)27(44)30(47)35(55-19)56-32-24(41)20-16(52-31(32)12-4-5-15(49-3)14(37)6-12)7-13(48-2)8-17(20)53-34-29(46)26(43)22(39)18(9-36)54-34/h4-8,11,18-19,21-23,25-30,33-40,42-47H,9-10H2,1-3H3/t11?,18?,19?,21-,22+,23+,25-,26-,27?,28?,29?,30?,33+,34+,35-/m0/s1. The van der Waals surface area contributed by atoms with Crippen LogP contribution in [-0.2, 0) is 18.9 Å². The largest absolute Gasteiger partial charge is 0.504 e. The van der Waals surface area contributed by atoms with Crippen molar-refractivity contribution in [2.24, 2.45) is 0 Å². The molecule has 0 aliphatic carbocycles. The van der Waals surface area contributed by atoms with Gasteiger partial charge >= 0.3 is 0 Å². The van der Waals surface area contributed by atoms with Crippen LogP contribution in [0.25, 0.3) is 22.3 Å². The van der Waals surface area contributed by atoms with Crippen molar-refractivity contribution in [1.29, 1.82) is 0 Å². The number of aromatic hydroxyl groups is 1. The lowest BCUT2D eigenvalue weighted by molar-refractivity contribution is -0.318. The number of hydrogen-bond acceptors (Lipinski definition) is 21. The number of fused-ring (bicyclic) bond motifs is 1. The summed E-state index contributed by atoms with van der Waals surface area (Å²) in [5, 5.41) is 114. The molecule has 0 bridgehead atoms. The first-order valence-corrected chi connectivity index (χ1v) is 17.3. The van der Waals surface area contributed by atoms with E-state index < -0.39 is 122 Å². The monoisotopic (exact) mass is 800 g/mol. The van der Waals surface area contributed by atoms with Gasteiger partial charge in [0.25, 0.3) is 0 Å². The van der Waals surface area contributed by atoms with Crippen LogP contribution in [0.5, 0.6) is 28.7 Å². The van der Waals surface area contributed by atoms with Crippen molar-refractivity contribution < 1.29 is 98.5 Å². The maximum absolute atomic E-state index is 14.6. The topological polar surface area (TPSA) is 327 Å². The van der Waals surface area contributed by atoms with E-state index in [0.29, 0.717) is 0 Å². The third kappa shape index (κ3) is 7.84. The Bertz CT molecular complexity index is 1890. The summed E-state index contributed by atoms with van der Waals surface area (Å²) in [7, 11) is 2.59.